The maximum atomic E-state index is 11.5. The van der Waals surface area contributed by atoms with Gasteiger partial charge in [-0.3, -0.25) is 0 Å². The molecule has 0 atom stereocenters. The Balaban J connectivity index is 2.36. The summed E-state index contributed by atoms with van der Waals surface area (Å²) in [4.78, 5) is 11.5. The first-order valence-electron chi connectivity index (χ1n) is 6.58. The minimum atomic E-state index is -0.483. The lowest BCUT2D eigenvalue weighted by molar-refractivity contribution is 0.0523. The van der Waals surface area contributed by atoms with Gasteiger partial charge in [0.25, 0.3) is 0 Å². The molecule has 5 nitrogen and oxygen atoms in total. The molecule has 1 rings (SSSR count). The zero-order chi connectivity index (χ0) is 15.0. The molecular weight excluding hydrogens is 258 g/mol. The number of nitrogens with one attached hydrogen (secondary N) is 1. The fraction of sp³-hybridized carbons (Fsp3) is 0.533. The van der Waals surface area contributed by atoms with Crippen molar-refractivity contribution in [1.82, 2.24) is 5.32 Å². The van der Waals surface area contributed by atoms with Gasteiger partial charge in [0.1, 0.15) is 18.0 Å². The number of carbonyl (C=O) groups is 1. The Kier molecular flexibility index (Phi) is 6.31. The fourth-order valence-corrected chi connectivity index (χ4v) is 1.43. The van der Waals surface area contributed by atoms with E-state index in [4.69, 9.17) is 14.2 Å². The van der Waals surface area contributed by atoms with Gasteiger partial charge in [0.15, 0.2) is 0 Å². The summed E-state index contributed by atoms with van der Waals surface area (Å²) in [5.41, 5.74) is 0.498. The molecule has 0 aromatic heterocycles. The average Bonchev–Trinajstić information content (AvgIpc) is 2.36. The summed E-state index contributed by atoms with van der Waals surface area (Å²) >= 11 is 0. The van der Waals surface area contributed by atoms with Crippen molar-refractivity contribution in [2.24, 2.45) is 0 Å². The van der Waals surface area contributed by atoms with Crippen LogP contribution >= 0.6 is 0 Å². The zero-order valence-electron chi connectivity index (χ0n) is 12.6. The van der Waals surface area contributed by atoms with E-state index in [9.17, 15) is 4.79 Å². The van der Waals surface area contributed by atoms with Crippen LogP contribution in [0.5, 0.6) is 5.75 Å². The minimum Gasteiger partial charge on any atom is -0.491 e. The first-order valence-corrected chi connectivity index (χ1v) is 6.58. The van der Waals surface area contributed by atoms with E-state index in [2.05, 4.69) is 5.32 Å². The average molecular weight is 281 g/mol. The predicted molar refractivity (Wildman–Crippen MR) is 76.9 cm³/mol. The molecule has 5 heteroatoms. The normalized spacial score (nSPS) is 11.0. The molecule has 0 heterocycles. The summed E-state index contributed by atoms with van der Waals surface area (Å²) in [6.45, 7) is 7.00. The molecule has 0 unspecified atom stereocenters. The van der Waals surface area contributed by atoms with Gasteiger partial charge in [0.2, 0.25) is 0 Å². The Bertz CT molecular complexity index is 409. The number of ether oxygens (including phenoxy) is 3. The molecule has 0 aliphatic heterocycles. The Morgan fingerprint density at radius 3 is 2.35 bits per heavy atom. The van der Waals surface area contributed by atoms with E-state index in [1.54, 1.807) is 7.11 Å². The van der Waals surface area contributed by atoms with Crippen molar-refractivity contribution in [3.05, 3.63) is 29.8 Å². The van der Waals surface area contributed by atoms with Gasteiger partial charge >= 0.3 is 6.09 Å². The fourth-order valence-electron chi connectivity index (χ4n) is 1.43. The monoisotopic (exact) mass is 281 g/mol. The number of rotatable bonds is 6. The van der Waals surface area contributed by atoms with Crippen LogP contribution in [-0.2, 0) is 16.0 Å². The third kappa shape index (κ3) is 6.99. The molecule has 1 aromatic rings. The number of alkyl carbamates (subject to hydrolysis) is 1. The zero-order valence-corrected chi connectivity index (χ0v) is 12.6. The van der Waals surface area contributed by atoms with E-state index in [0.29, 0.717) is 19.8 Å². The second-order valence-electron chi connectivity index (χ2n) is 5.34. The largest absolute Gasteiger partial charge is 0.491 e. The smallest absolute Gasteiger partial charge is 0.407 e. The predicted octanol–water partition coefficient (Wildman–Crippen LogP) is 2.74. The Morgan fingerprint density at radius 2 is 1.80 bits per heavy atom. The molecule has 0 saturated heterocycles. The Morgan fingerprint density at radius 1 is 1.15 bits per heavy atom. The van der Waals surface area contributed by atoms with Crippen LogP contribution in [0.15, 0.2) is 24.3 Å². The quantitative estimate of drug-likeness (QED) is 0.815. The lowest BCUT2D eigenvalue weighted by Crippen LogP contribution is -2.32. The van der Waals surface area contributed by atoms with E-state index < -0.39 is 11.7 Å². The summed E-state index contributed by atoms with van der Waals surface area (Å²) in [6, 6.07) is 7.53. The minimum absolute atomic E-state index is 0.419. The second kappa shape index (κ2) is 7.75. The van der Waals surface area contributed by atoms with E-state index in [1.165, 1.54) is 0 Å². The van der Waals surface area contributed by atoms with E-state index in [0.717, 1.165) is 11.3 Å². The molecule has 20 heavy (non-hydrogen) atoms. The second-order valence-corrected chi connectivity index (χ2v) is 5.34. The van der Waals surface area contributed by atoms with Gasteiger partial charge in [0.05, 0.1) is 6.61 Å². The maximum Gasteiger partial charge on any atom is 0.407 e. The Labute approximate surface area is 120 Å². The molecule has 1 amide bonds. The highest BCUT2D eigenvalue weighted by molar-refractivity contribution is 5.67. The highest BCUT2D eigenvalue weighted by atomic mass is 16.6. The number of amides is 1. The van der Waals surface area contributed by atoms with Crippen LogP contribution in [0.1, 0.15) is 26.3 Å². The Hall–Kier alpha value is -1.75. The van der Waals surface area contributed by atoms with Gasteiger partial charge in [-0.2, -0.15) is 0 Å². The third-order valence-electron chi connectivity index (χ3n) is 2.32. The van der Waals surface area contributed by atoms with Crippen molar-refractivity contribution >= 4 is 6.09 Å². The maximum absolute atomic E-state index is 11.5. The topological polar surface area (TPSA) is 56.8 Å². The van der Waals surface area contributed by atoms with Crippen LogP contribution in [-0.4, -0.2) is 32.0 Å². The lowest BCUT2D eigenvalue weighted by atomic mass is 10.2. The molecule has 1 N–H and O–H groups in total. The lowest BCUT2D eigenvalue weighted by Gasteiger charge is -2.19. The van der Waals surface area contributed by atoms with Crippen molar-refractivity contribution in [2.75, 3.05) is 20.3 Å². The first kappa shape index (κ1) is 16.3. The third-order valence-corrected chi connectivity index (χ3v) is 2.32. The first-order chi connectivity index (χ1) is 9.40. The van der Waals surface area contributed by atoms with Crippen molar-refractivity contribution < 1.29 is 19.0 Å². The van der Waals surface area contributed by atoms with E-state index >= 15 is 0 Å². The van der Waals surface area contributed by atoms with Gasteiger partial charge in [-0.25, -0.2) is 4.79 Å². The number of hydrogen-bond donors (Lipinski definition) is 1. The summed E-state index contributed by atoms with van der Waals surface area (Å²) < 4.78 is 15.5. The van der Waals surface area contributed by atoms with Crippen LogP contribution in [0.25, 0.3) is 0 Å². The highest BCUT2D eigenvalue weighted by Crippen LogP contribution is 2.12. The highest BCUT2D eigenvalue weighted by Gasteiger charge is 2.15. The van der Waals surface area contributed by atoms with Crippen molar-refractivity contribution in [1.29, 1.82) is 0 Å². The van der Waals surface area contributed by atoms with Crippen LogP contribution in [0.4, 0.5) is 4.79 Å². The van der Waals surface area contributed by atoms with Gasteiger partial charge in [0, 0.05) is 13.7 Å². The van der Waals surface area contributed by atoms with Crippen LogP contribution in [0, 0.1) is 0 Å². The van der Waals surface area contributed by atoms with Crippen molar-refractivity contribution in [3.63, 3.8) is 0 Å². The molecule has 1 aromatic carbocycles. The molecule has 0 fully saturated rings. The van der Waals surface area contributed by atoms with E-state index in [1.807, 2.05) is 45.0 Å². The van der Waals surface area contributed by atoms with Gasteiger partial charge in [-0.1, -0.05) is 12.1 Å². The molecule has 112 valence electrons. The number of benzene rings is 1. The van der Waals surface area contributed by atoms with Crippen molar-refractivity contribution in [3.8, 4) is 5.75 Å². The molecule has 0 spiro atoms. The van der Waals surface area contributed by atoms with Crippen LogP contribution in [0.2, 0.25) is 0 Å². The number of hydrogen-bond acceptors (Lipinski definition) is 4. The molecule has 0 saturated carbocycles. The molecule has 0 aliphatic rings. The van der Waals surface area contributed by atoms with Crippen LogP contribution < -0.4 is 10.1 Å². The van der Waals surface area contributed by atoms with E-state index in [-0.39, 0.29) is 0 Å². The van der Waals surface area contributed by atoms with Gasteiger partial charge < -0.3 is 19.5 Å². The van der Waals surface area contributed by atoms with Crippen LogP contribution in [0.3, 0.4) is 0 Å². The number of methoxy groups -OCH3 is 1. The molecule has 0 bridgehead atoms. The summed E-state index contributed by atoms with van der Waals surface area (Å²) in [7, 11) is 1.63. The SMILES string of the molecule is COCCOc1ccc(CNC(=O)OC(C)(C)C)cc1. The van der Waals surface area contributed by atoms with Gasteiger partial charge in [-0.15, -0.1) is 0 Å². The standard InChI is InChI=1S/C15H23NO4/c1-15(2,3)20-14(17)16-11-12-5-7-13(8-6-12)19-10-9-18-4/h5-8H,9-11H2,1-4H3,(H,16,17). The summed E-state index contributed by atoms with van der Waals surface area (Å²) in [5, 5.41) is 2.71. The molecular formula is C15H23NO4. The summed E-state index contributed by atoms with van der Waals surface area (Å²) in [5.74, 6) is 0.781. The molecule has 0 radical (unpaired) electrons. The number of carbonyl (C=O) groups excluding carboxylic acids is 1. The molecule has 0 aliphatic carbocycles. The summed E-state index contributed by atoms with van der Waals surface area (Å²) in [6.07, 6.45) is -0.419. The van der Waals surface area contributed by atoms with Crippen molar-refractivity contribution in [2.45, 2.75) is 32.9 Å². The van der Waals surface area contributed by atoms with Gasteiger partial charge in [-0.05, 0) is 38.5 Å².